The van der Waals surface area contributed by atoms with Gasteiger partial charge < -0.3 is 5.32 Å². The lowest BCUT2D eigenvalue weighted by Gasteiger charge is -2.08. The maximum atomic E-state index is 13.9. The lowest BCUT2D eigenvalue weighted by Crippen LogP contribution is -2.27. The number of benzene rings is 1. The van der Waals surface area contributed by atoms with Crippen LogP contribution in [0, 0.1) is 12.7 Å². The molecule has 4 aromatic rings. The molecule has 0 aliphatic heterocycles. The van der Waals surface area contributed by atoms with Gasteiger partial charge in [-0.15, -0.1) is 5.10 Å². The van der Waals surface area contributed by atoms with Gasteiger partial charge >= 0.3 is 0 Å². The molecular weight excluding hydrogens is 397 g/mol. The van der Waals surface area contributed by atoms with Crippen molar-refractivity contribution < 1.29 is 9.18 Å². The maximum Gasteiger partial charge on any atom is 0.265 e. The van der Waals surface area contributed by atoms with Gasteiger partial charge in [0, 0.05) is 12.1 Å². The van der Waals surface area contributed by atoms with E-state index in [1.807, 2.05) is 0 Å². The van der Waals surface area contributed by atoms with E-state index in [9.17, 15) is 14.0 Å². The maximum absolute atomic E-state index is 13.9. The number of aromatic nitrogens is 6. The minimum absolute atomic E-state index is 0.0813. The molecule has 0 saturated heterocycles. The Morgan fingerprint density at radius 3 is 2.90 bits per heavy atom. The first-order chi connectivity index (χ1) is 14.0. The van der Waals surface area contributed by atoms with E-state index in [1.54, 1.807) is 29.8 Å². The third kappa shape index (κ3) is 3.76. The largest absolute Gasteiger partial charge is 0.349 e. The minimum Gasteiger partial charge on any atom is -0.349 e. The van der Waals surface area contributed by atoms with Gasteiger partial charge in [0.1, 0.15) is 22.4 Å². The lowest BCUT2D eigenvalue weighted by molar-refractivity contribution is 0.0955. The molecule has 0 aliphatic rings. The van der Waals surface area contributed by atoms with Crippen molar-refractivity contribution in [3.63, 3.8) is 0 Å². The summed E-state index contributed by atoms with van der Waals surface area (Å²) in [7, 11) is 0. The topological polar surface area (TPSA) is 108 Å². The zero-order valence-electron chi connectivity index (χ0n) is 15.4. The van der Waals surface area contributed by atoms with Crippen LogP contribution >= 0.6 is 11.5 Å². The van der Waals surface area contributed by atoms with Crippen molar-refractivity contribution in [1.82, 2.24) is 34.2 Å². The Labute approximate surface area is 168 Å². The van der Waals surface area contributed by atoms with Crippen LogP contribution in [0.5, 0.6) is 0 Å². The van der Waals surface area contributed by atoms with Crippen LogP contribution in [0.3, 0.4) is 0 Å². The molecule has 0 unspecified atom stereocenters. The van der Waals surface area contributed by atoms with E-state index in [0.29, 0.717) is 40.3 Å². The minimum atomic E-state index is -0.377. The molecule has 4 rings (SSSR count). The highest BCUT2D eigenvalue weighted by Gasteiger charge is 2.14. The molecule has 0 fully saturated rings. The molecule has 0 radical (unpaired) electrons. The van der Waals surface area contributed by atoms with E-state index in [4.69, 9.17) is 0 Å². The number of rotatable bonds is 6. The fraction of sp³-hybridized carbons (Fsp3) is 0.222. The summed E-state index contributed by atoms with van der Waals surface area (Å²) in [6, 6.07) is 6.28. The highest BCUT2D eigenvalue weighted by molar-refractivity contribution is 7.07. The van der Waals surface area contributed by atoms with Crippen molar-refractivity contribution >= 4 is 28.5 Å². The number of nitrogens with zero attached hydrogens (tertiary/aromatic N) is 6. The van der Waals surface area contributed by atoms with Gasteiger partial charge in [-0.2, -0.15) is 5.10 Å². The van der Waals surface area contributed by atoms with Gasteiger partial charge in [-0.1, -0.05) is 22.7 Å². The second kappa shape index (κ2) is 7.87. The Hall–Kier alpha value is -3.47. The number of hydrogen-bond acceptors (Lipinski definition) is 7. The van der Waals surface area contributed by atoms with Crippen LogP contribution in [0.1, 0.15) is 20.9 Å². The average molecular weight is 413 g/mol. The summed E-state index contributed by atoms with van der Waals surface area (Å²) in [4.78, 5) is 29.6. The van der Waals surface area contributed by atoms with Gasteiger partial charge in [0.2, 0.25) is 0 Å². The first-order valence-electron chi connectivity index (χ1n) is 8.76. The molecule has 0 bridgehead atoms. The lowest BCUT2D eigenvalue weighted by atomic mass is 10.2. The monoisotopic (exact) mass is 413 g/mol. The molecule has 29 heavy (non-hydrogen) atoms. The van der Waals surface area contributed by atoms with Crippen molar-refractivity contribution in [2.45, 2.75) is 20.0 Å². The summed E-state index contributed by atoms with van der Waals surface area (Å²) < 4.78 is 20.5. The third-order valence-corrected chi connectivity index (χ3v) is 5.21. The fourth-order valence-electron chi connectivity index (χ4n) is 2.88. The Morgan fingerprint density at radius 2 is 2.14 bits per heavy atom. The average Bonchev–Trinajstić information content (AvgIpc) is 3.32. The normalized spacial score (nSPS) is 11.1. The Morgan fingerprint density at radius 1 is 1.31 bits per heavy atom. The van der Waals surface area contributed by atoms with Crippen LogP contribution in [0.2, 0.25) is 0 Å². The Balaban J connectivity index is 1.49. The quantitative estimate of drug-likeness (QED) is 0.512. The highest BCUT2D eigenvalue weighted by Crippen LogP contribution is 2.10. The predicted octanol–water partition coefficient (Wildman–Crippen LogP) is 1.37. The zero-order chi connectivity index (χ0) is 20.4. The van der Waals surface area contributed by atoms with Crippen LogP contribution in [0.4, 0.5) is 4.39 Å². The van der Waals surface area contributed by atoms with Gasteiger partial charge in [0.25, 0.3) is 11.5 Å². The van der Waals surface area contributed by atoms with Gasteiger partial charge in [-0.25, -0.2) is 14.1 Å². The van der Waals surface area contributed by atoms with Crippen molar-refractivity contribution in [3.05, 3.63) is 69.1 Å². The van der Waals surface area contributed by atoms with Crippen LogP contribution in [0.15, 0.2) is 41.6 Å². The molecule has 9 nitrogen and oxygen atoms in total. The molecule has 3 aromatic heterocycles. The molecule has 0 saturated carbocycles. The Kier molecular flexibility index (Phi) is 5.12. The van der Waals surface area contributed by atoms with Crippen LogP contribution in [-0.2, 0) is 13.1 Å². The molecule has 1 N–H and O–H groups in total. The van der Waals surface area contributed by atoms with Crippen molar-refractivity contribution in [2.24, 2.45) is 0 Å². The number of carbonyl (C=O) groups is 1. The first kappa shape index (κ1) is 18.9. The number of aryl methyl sites for hydroxylation is 1. The number of halogens is 1. The number of nitrogens with one attached hydrogen (secondary N) is 1. The van der Waals surface area contributed by atoms with Gasteiger partial charge in [0.05, 0.1) is 25.0 Å². The van der Waals surface area contributed by atoms with Crippen molar-refractivity contribution in [2.75, 3.05) is 6.54 Å². The Bertz CT molecular complexity index is 1250. The standard InChI is InChI=1S/C18H16FN7O2S/c1-11-15(29-24-23-11)17(27)20-6-7-26-16-13(8-22-26)18(28)25(10-21-16)9-12-4-2-3-5-14(12)19/h2-5,8,10H,6-7,9H2,1H3,(H,20,27). The number of carbonyl (C=O) groups excluding carboxylic acids is 1. The van der Waals surface area contributed by atoms with Crippen LogP contribution in [0.25, 0.3) is 11.0 Å². The van der Waals surface area contributed by atoms with E-state index in [0.717, 1.165) is 11.5 Å². The molecule has 0 aliphatic carbocycles. The summed E-state index contributed by atoms with van der Waals surface area (Å²) in [6.07, 6.45) is 2.81. The summed E-state index contributed by atoms with van der Waals surface area (Å²) in [5.41, 5.74) is 1.08. The molecule has 1 amide bonds. The van der Waals surface area contributed by atoms with E-state index in [1.165, 1.54) is 23.2 Å². The molecule has 0 atom stereocenters. The third-order valence-electron chi connectivity index (χ3n) is 4.39. The van der Waals surface area contributed by atoms with E-state index < -0.39 is 0 Å². The highest BCUT2D eigenvalue weighted by atomic mass is 32.1. The number of amides is 1. The summed E-state index contributed by atoms with van der Waals surface area (Å²) >= 11 is 1.03. The van der Waals surface area contributed by atoms with E-state index in [2.05, 4.69) is 25.0 Å². The second-order valence-electron chi connectivity index (χ2n) is 6.32. The van der Waals surface area contributed by atoms with Gasteiger partial charge in [-0.3, -0.25) is 14.2 Å². The molecule has 3 heterocycles. The zero-order valence-corrected chi connectivity index (χ0v) is 16.2. The van der Waals surface area contributed by atoms with Crippen molar-refractivity contribution in [3.8, 4) is 0 Å². The second-order valence-corrected chi connectivity index (χ2v) is 7.07. The molecule has 148 valence electrons. The van der Waals surface area contributed by atoms with E-state index in [-0.39, 0.29) is 23.8 Å². The molecule has 1 aromatic carbocycles. The number of fused-ring (bicyclic) bond motifs is 1. The van der Waals surface area contributed by atoms with Crippen LogP contribution < -0.4 is 10.9 Å². The summed E-state index contributed by atoms with van der Waals surface area (Å²) in [5.74, 6) is -0.633. The van der Waals surface area contributed by atoms with E-state index >= 15 is 0 Å². The smallest absolute Gasteiger partial charge is 0.265 e. The molecule has 11 heteroatoms. The van der Waals surface area contributed by atoms with Gasteiger partial charge in [0.15, 0.2) is 5.65 Å². The first-order valence-corrected chi connectivity index (χ1v) is 9.53. The predicted molar refractivity (Wildman–Crippen MR) is 104 cm³/mol. The molecular formula is C18H16FN7O2S. The summed E-state index contributed by atoms with van der Waals surface area (Å²) in [6.45, 7) is 2.44. The molecule has 0 spiro atoms. The number of hydrogen-bond donors (Lipinski definition) is 1. The van der Waals surface area contributed by atoms with Crippen LogP contribution in [-0.4, -0.2) is 41.4 Å². The fourth-order valence-corrected chi connectivity index (χ4v) is 3.45. The van der Waals surface area contributed by atoms with Crippen molar-refractivity contribution in [1.29, 1.82) is 0 Å². The SMILES string of the molecule is Cc1nnsc1C(=O)NCCn1ncc2c(=O)n(Cc3ccccc3F)cnc21. The van der Waals surface area contributed by atoms with Gasteiger partial charge in [-0.05, 0) is 24.5 Å². The summed E-state index contributed by atoms with van der Waals surface area (Å²) in [5, 5.41) is 11.1.